The van der Waals surface area contributed by atoms with Crippen molar-refractivity contribution in [3.8, 4) is 0 Å². The molecule has 138 valence electrons. The standard InChI is InChI=1S/C19H23N3O3S/c1-26-13-17(23)21-11-9-16-15(12-21)18(19(24)25)20-22(16)10-5-8-14-6-3-2-4-7-14/h2-4,6-7H,5,8-13H2,1H3,(H,24,25). The van der Waals surface area contributed by atoms with Crippen LogP contribution in [0.5, 0.6) is 0 Å². The van der Waals surface area contributed by atoms with Gasteiger partial charge >= 0.3 is 5.97 Å². The SMILES string of the molecule is CSCC(=O)N1CCc2c(c(C(=O)O)nn2CCCc2ccccc2)C1. The molecule has 0 unspecified atom stereocenters. The number of thioether (sulfide) groups is 1. The van der Waals surface area contributed by atoms with Gasteiger partial charge in [0.2, 0.25) is 5.91 Å². The van der Waals surface area contributed by atoms with Crippen LogP contribution in [0.25, 0.3) is 0 Å². The number of fused-ring (bicyclic) bond motifs is 1. The van der Waals surface area contributed by atoms with Crippen LogP contribution in [0.1, 0.15) is 33.7 Å². The summed E-state index contributed by atoms with van der Waals surface area (Å²) in [4.78, 5) is 25.5. The van der Waals surface area contributed by atoms with E-state index >= 15 is 0 Å². The maximum atomic E-state index is 12.2. The van der Waals surface area contributed by atoms with Crippen molar-refractivity contribution in [2.75, 3.05) is 18.6 Å². The number of carboxylic acids is 1. The van der Waals surface area contributed by atoms with Crippen molar-refractivity contribution >= 4 is 23.6 Å². The molecule has 0 saturated heterocycles. The fourth-order valence-corrected chi connectivity index (χ4v) is 3.78. The van der Waals surface area contributed by atoms with Gasteiger partial charge in [0.1, 0.15) is 0 Å². The summed E-state index contributed by atoms with van der Waals surface area (Å²) in [6, 6.07) is 10.2. The van der Waals surface area contributed by atoms with Crippen molar-refractivity contribution in [2.24, 2.45) is 0 Å². The molecule has 3 rings (SSSR count). The molecule has 1 amide bonds. The molecule has 7 heteroatoms. The van der Waals surface area contributed by atoms with Crippen LogP contribution in [0.3, 0.4) is 0 Å². The van der Waals surface area contributed by atoms with Gasteiger partial charge in [0, 0.05) is 37.3 Å². The van der Waals surface area contributed by atoms with Gasteiger partial charge in [-0.3, -0.25) is 9.48 Å². The van der Waals surface area contributed by atoms with Crippen LogP contribution < -0.4 is 0 Å². The highest BCUT2D eigenvalue weighted by atomic mass is 32.2. The van der Waals surface area contributed by atoms with E-state index < -0.39 is 5.97 Å². The number of aryl methyl sites for hydroxylation is 2. The van der Waals surface area contributed by atoms with Gasteiger partial charge in [0.05, 0.1) is 5.75 Å². The van der Waals surface area contributed by atoms with E-state index in [1.165, 1.54) is 17.3 Å². The van der Waals surface area contributed by atoms with Crippen LogP contribution >= 0.6 is 11.8 Å². The molecule has 0 fully saturated rings. The van der Waals surface area contributed by atoms with Crippen LogP contribution in [0, 0.1) is 0 Å². The minimum absolute atomic E-state index is 0.0521. The zero-order valence-electron chi connectivity index (χ0n) is 14.9. The summed E-state index contributed by atoms with van der Waals surface area (Å²) in [5.41, 5.74) is 3.00. The van der Waals surface area contributed by atoms with Gasteiger partial charge < -0.3 is 10.0 Å². The largest absolute Gasteiger partial charge is 0.476 e. The lowest BCUT2D eigenvalue weighted by molar-refractivity contribution is -0.129. The molecule has 0 spiro atoms. The van der Waals surface area contributed by atoms with Crippen molar-refractivity contribution in [3.05, 3.63) is 52.8 Å². The summed E-state index contributed by atoms with van der Waals surface area (Å²) in [6.07, 6.45) is 4.37. The quantitative estimate of drug-likeness (QED) is 0.807. The number of benzene rings is 1. The van der Waals surface area contributed by atoms with Gasteiger partial charge in [-0.1, -0.05) is 30.3 Å². The van der Waals surface area contributed by atoms with Crippen molar-refractivity contribution in [1.82, 2.24) is 14.7 Å². The number of hydrogen-bond donors (Lipinski definition) is 1. The summed E-state index contributed by atoms with van der Waals surface area (Å²) in [7, 11) is 0. The molecule has 0 atom stereocenters. The second-order valence-electron chi connectivity index (χ2n) is 6.39. The highest BCUT2D eigenvalue weighted by Gasteiger charge is 2.29. The molecule has 6 nitrogen and oxygen atoms in total. The van der Waals surface area contributed by atoms with Gasteiger partial charge in [-0.15, -0.1) is 0 Å². The first-order chi connectivity index (χ1) is 12.6. The van der Waals surface area contributed by atoms with Crippen LogP contribution in [-0.2, 0) is 30.7 Å². The minimum Gasteiger partial charge on any atom is -0.476 e. The summed E-state index contributed by atoms with van der Waals surface area (Å²) in [6.45, 7) is 1.65. The lowest BCUT2D eigenvalue weighted by atomic mass is 10.0. The van der Waals surface area contributed by atoms with Crippen LogP contribution in [0.2, 0.25) is 0 Å². The third-order valence-electron chi connectivity index (χ3n) is 4.64. The molecule has 0 aliphatic carbocycles. The first-order valence-electron chi connectivity index (χ1n) is 8.72. The van der Waals surface area contributed by atoms with Gasteiger partial charge in [0.25, 0.3) is 0 Å². The van der Waals surface area contributed by atoms with E-state index in [1.807, 2.05) is 29.1 Å². The van der Waals surface area contributed by atoms with Crippen molar-refractivity contribution in [2.45, 2.75) is 32.4 Å². The molecule has 1 aliphatic heterocycles. The van der Waals surface area contributed by atoms with Crippen molar-refractivity contribution < 1.29 is 14.7 Å². The Hall–Kier alpha value is -2.28. The van der Waals surface area contributed by atoms with Crippen molar-refractivity contribution in [3.63, 3.8) is 0 Å². The first kappa shape index (κ1) is 18.5. The van der Waals surface area contributed by atoms with E-state index in [0.717, 1.165) is 18.5 Å². The molecule has 1 aliphatic rings. The van der Waals surface area contributed by atoms with Crippen molar-refractivity contribution in [1.29, 1.82) is 0 Å². The fraction of sp³-hybridized carbons (Fsp3) is 0.421. The second-order valence-corrected chi connectivity index (χ2v) is 7.26. The molecular weight excluding hydrogens is 350 g/mol. The molecule has 26 heavy (non-hydrogen) atoms. The van der Waals surface area contributed by atoms with Crippen LogP contribution in [0.4, 0.5) is 0 Å². The minimum atomic E-state index is -1.03. The average molecular weight is 373 g/mol. The van der Waals surface area contributed by atoms with Gasteiger partial charge in [-0.05, 0) is 24.7 Å². The number of aromatic carboxylic acids is 1. The number of hydrogen-bond acceptors (Lipinski definition) is 4. The third kappa shape index (κ3) is 4.09. The predicted molar refractivity (Wildman–Crippen MR) is 101 cm³/mol. The smallest absolute Gasteiger partial charge is 0.356 e. The summed E-state index contributed by atoms with van der Waals surface area (Å²) in [5, 5.41) is 13.8. The zero-order valence-corrected chi connectivity index (χ0v) is 15.7. The number of carbonyl (C=O) groups excluding carboxylic acids is 1. The highest BCUT2D eigenvalue weighted by molar-refractivity contribution is 7.99. The number of rotatable bonds is 7. The molecule has 1 N–H and O–H groups in total. The Labute approximate surface area is 157 Å². The molecule has 0 saturated carbocycles. The number of carbonyl (C=O) groups is 2. The summed E-state index contributed by atoms with van der Waals surface area (Å²) in [5.74, 6) is -0.554. The topological polar surface area (TPSA) is 75.4 Å². The molecule has 0 bridgehead atoms. The molecular formula is C19H23N3O3S. The zero-order chi connectivity index (χ0) is 18.5. The van der Waals surface area contributed by atoms with Crippen LogP contribution in [-0.4, -0.2) is 50.2 Å². The number of amides is 1. The van der Waals surface area contributed by atoms with E-state index in [-0.39, 0.29) is 11.6 Å². The fourth-order valence-electron chi connectivity index (χ4n) is 3.35. The maximum absolute atomic E-state index is 12.2. The molecule has 0 radical (unpaired) electrons. The lowest BCUT2D eigenvalue weighted by Crippen LogP contribution is -2.37. The Morgan fingerprint density at radius 1 is 1.27 bits per heavy atom. The van der Waals surface area contributed by atoms with E-state index in [9.17, 15) is 14.7 Å². The lowest BCUT2D eigenvalue weighted by Gasteiger charge is -2.27. The van der Waals surface area contributed by atoms with E-state index in [2.05, 4.69) is 17.2 Å². The van der Waals surface area contributed by atoms with Gasteiger partial charge in [-0.25, -0.2) is 4.79 Å². The third-order valence-corrected chi connectivity index (χ3v) is 5.17. The first-order valence-corrected chi connectivity index (χ1v) is 10.1. The second kappa shape index (κ2) is 8.40. The highest BCUT2D eigenvalue weighted by Crippen LogP contribution is 2.24. The van der Waals surface area contributed by atoms with Gasteiger partial charge in [-0.2, -0.15) is 16.9 Å². The molecule has 1 aromatic heterocycles. The maximum Gasteiger partial charge on any atom is 0.356 e. The normalized spacial score (nSPS) is 13.5. The van der Waals surface area contributed by atoms with Crippen LogP contribution in [0.15, 0.2) is 30.3 Å². The van der Waals surface area contributed by atoms with E-state index in [1.54, 1.807) is 4.90 Å². The predicted octanol–water partition coefficient (Wildman–Crippen LogP) is 2.46. The Balaban J connectivity index is 1.73. The Morgan fingerprint density at radius 2 is 2.04 bits per heavy atom. The average Bonchev–Trinajstić information content (AvgIpc) is 3.01. The molecule has 2 heterocycles. The Morgan fingerprint density at radius 3 is 2.73 bits per heavy atom. The van der Waals surface area contributed by atoms with E-state index in [0.29, 0.717) is 37.4 Å². The molecule has 1 aromatic carbocycles. The Bertz CT molecular complexity index is 789. The summed E-state index contributed by atoms with van der Waals surface area (Å²) >= 11 is 1.48. The van der Waals surface area contributed by atoms with E-state index in [4.69, 9.17) is 0 Å². The number of nitrogens with zero attached hydrogens (tertiary/aromatic N) is 3. The summed E-state index contributed by atoms with van der Waals surface area (Å²) < 4.78 is 1.83. The number of carboxylic acid groups (broad SMARTS) is 1. The Kier molecular flexibility index (Phi) is 5.98. The monoisotopic (exact) mass is 373 g/mol. The van der Waals surface area contributed by atoms with Gasteiger partial charge in [0.15, 0.2) is 5.69 Å². The molecule has 2 aromatic rings. The number of aromatic nitrogens is 2.